The molecule has 0 bridgehead atoms. The standard InChI is InChI=1S/C16H26N2O3/c1-18-8-7-13(17)12(10-18)9-11-5-6-14(19-2)16(21-4)15(11)20-3/h5-6,12-13H,7-10,17H2,1-4H3/t12-,13-/m1/s1. The summed E-state index contributed by atoms with van der Waals surface area (Å²) < 4.78 is 16.3. The van der Waals surface area contributed by atoms with E-state index < -0.39 is 0 Å². The normalized spacial score (nSPS) is 22.9. The molecule has 0 radical (unpaired) electrons. The maximum atomic E-state index is 6.28. The molecule has 118 valence electrons. The molecule has 5 heteroatoms. The zero-order valence-electron chi connectivity index (χ0n) is 13.4. The molecule has 2 rings (SSSR count). The minimum atomic E-state index is 0.235. The zero-order chi connectivity index (χ0) is 15.4. The van der Waals surface area contributed by atoms with Gasteiger partial charge in [-0.15, -0.1) is 0 Å². The molecule has 21 heavy (non-hydrogen) atoms. The highest BCUT2D eigenvalue weighted by Gasteiger charge is 2.27. The van der Waals surface area contributed by atoms with Crippen molar-refractivity contribution >= 4 is 0 Å². The lowest BCUT2D eigenvalue weighted by atomic mass is 9.87. The van der Waals surface area contributed by atoms with Crippen LogP contribution >= 0.6 is 0 Å². The van der Waals surface area contributed by atoms with E-state index in [1.165, 1.54) is 0 Å². The Morgan fingerprint density at radius 1 is 1.14 bits per heavy atom. The molecular formula is C16H26N2O3. The first-order valence-corrected chi connectivity index (χ1v) is 7.32. The second-order valence-corrected chi connectivity index (χ2v) is 5.67. The summed E-state index contributed by atoms with van der Waals surface area (Å²) in [7, 11) is 7.06. The maximum Gasteiger partial charge on any atom is 0.203 e. The quantitative estimate of drug-likeness (QED) is 0.892. The zero-order valence-corrected chi connectivity index (χ0v) is 13.4. The van der Waals surface area contributed by atoms with Crippen molar-refractivity contribution in [2.24, 2.45) is 11.7 Å². The highest BCUT2D eigenvalue weighted by atomic mass is 16.5. The van der Waals surface area contributed by atoms with Gasteiger partial charge in [0.05, 0.1) is 21.3 Å². The fourth-order valence-corrected chi connectivity index (χ4v) is 3.05. The molecule has 2 atom stereocenters. The predicted octanol–water partition coefficient (Wildman–Crippen LogP) is 1.53. The molecular weight excluding hydrogens is 268 g/mol. The summed E-state index contributed by atoms with van der Waals surface area (Å²) in [5.41, 5.74) is 7.40. The van der Waals surface area contributed by atoms with E-state index in [0.717, 1.165) is 37.2 Å². The van der Waals surface area contributed by atoms with E-state index in [0.29, 0.717) is 17.4 Å². The predicted molar refractivity (Wildman–Crippen MR) is 83.4 cm³/mol. The van der Waals surface area contributed by atoms with Crippen LogP contribution in [-0.4, -0.2) is 52.4 Å². The second kappa shape index (κ2) is 7.00. The van der Waals surface area contributed by atoms with Crippen molar-refractivity contribution in [2.45, 2.75) is 18.9 Å². The summed E-state index contributed by atoms with van der Waals surface area (Å²) in [6.45, 7) is 2.08. The van der Waals surface area contributed by atoms with Gasteiger partial charge in [0.1, 0.15) is 0 Å². The first-order valence-electron chi connectivity index (χ1n) is 7.32. The third-order valence-corrected chi connectivity index (χ3v) is 4.26. The molecule has 0 unspecified atom stereocenters. The Balaban J connectivity index is 2.27. The van der Waals surface area contributed by atoms with Crippen LogP contribution in [0.4, 0.5) is 0 Å². The first kappa shape index (κ1) is 15.9. The lowest BCUT2D eigenvalue weighted by Gasteiger charge is -2.35. The number of piperidine rings is 1. The van der Waals surface area contributed by atoms with Crippen LogP contribution in [0.1, 0.15) is 12.0 Å². The number of rotatable bonds is 5. The van der Waals surface area contributed by atoms with E-state index in [1.54, 1.807) is 21.3 Å². The van der Waals surface area contributed by atoms with Gasteiger partial charge in [-0.2, -0.15) is 0 Å². The van der Waals surface area contributed by atoms with Gasteiger partial charge in [0.2, 0.25) is 5.75 Å². The minimum absolute atomic E-state index is 0.235. The summed E-state index contributed by atoms with van der Waals surface area (Å²) in [4.78, 5) is 2.33. The second-order valence-electron chi connectivity index (χ2n) is 5.67. The summed E-state index contributed by atoms with van der Waals surface area (Å²) in [6.07, 6.45) is 1.92. The van der Waals surface area contributed by atoms with E-state index >= 15 is 0 Å². The highest BCUT2D eigenvalue weighted by Crippen LogP contribution is 2.41. The molecule has 0 amide bonds. The Morgan fingerprint density at radius 3 is 2.48 bits per heavy atom. The first-order chi connectivity index (χ1) is 10.1. The summed E-state index contributed by atoms with van der Waals surface area (Å²) in [5, 5.41) is 0. The molecule has 1 aromatic rings. The third kappa shape index (κ3) is 3.41. The Bertz CT molecular complexity index is 479. The number of ether oxygens (including phenoxy) is 3. The molecule has 0 saturated carbocycles. The van der Waals surface area contributed by atoms with Crippen LogP contribution < -0.4 is 19.9 Å². The van der Waals surface area contributed by atoms with Crippen LogP contribution in [0.5, 0.6) is 17.2 Å². The molecule has 1 aliphatic heterocycles. The van der Waals surface area contributed by atoms with Crippen LogP contribution in [0, 0.1) is 5.92 Å². The van der Waals surface area contributed by atoms with Crippen molar-refractivity contribution in [2.75, 3.05) is 41.5 Å². The largest absolute Gasteiger partial charge is 0.493 e. The molecule has 1 saturated heterocycles. The molecule has 5 nitrogen and oxygen atoms in total. The molecule has 1 heterocycles. The van der Waals surface area contributed by atoms with Gasteiger partial charge in [-0.25, -0.2) is 0 Å². The topological polar surface area (TPSA) is 57.0 Å². The van der Waals surface area contributed by atoms with Gasteiger partial charge in [-0.05, 0) is 44.0 Å². The molecule has 1 aromatic carbocycles. The Hall–Kier alpha value is -1.46. The lowest BCUT2D eigenvalue weighted by molar-refractivity contribution is 0.184. The maximum absolute atomic E-state index is 6.28. The molecule has 0 spiro atoms. The van der Waals surface area contributed by atoms with Crippen molar-refractivity contribution in [3.8, 4) is 17.2 Å². The van der Waals surface area contributed by atoms with Crippen molar-refractivity contribution in [1.29, 1.82) is 0 Å². The van der Waals surface area contributed by atoms with E-state index in [4.69, 9.17) is 19.9 Å². The summed E-state index contributed by atoms with van der Waals surface area (Å²) >= 11 is 0. The van der Waals surface area contributed by atoms with E-state index in [2.05, 4.69) is 11.9 Å². The fraction of sp³-hybridized carbons (Fsp3) is 0.625. The van der Waals surface area contributed by atoms with Crippen molar-refractivity contribution in [3.63, 3.8) is 0 Å². The van der Waals surface area contributed by atoms with Crippen molar-refractivity contribution in [1.82, 2.24) is 4.90 Å². The van der Waals surface area contributed by atoms with Crippen LogP contribution in [-0.2, 0) is 6.42 Å². The number of hydrogen-bond donors (Lipinski definition) is 1. The average Bonchev–Trinajstić information content (AvgIpc) is 2.50. The van der Waals surface area contributed by atoms with Gasteiger partial charge in [0, 0.05) is 12.6 Å². The number of likely N-dealkylation sites (tertiary alicyclic amines) is 1. The van der Waals surface area contributed by atoms with E-state index in [9.17, 15) is 0 Å². The summed E-state index contributed by atoms with van der Waals surface area (Å²) in [5.74, 6) is 2.51. The van der Waals surface area contributed by atoms with Gasteiger partial charge in [0.25, 0.3) is 0 Å². The highest BCUT2D eigenvalue weighted by molar-refractivity contribution is 5.55. The molecule has 1 aliphatic rings. The van der Waals surface area contributed by atoms with Gasteiger partial charge in [-0.1, -0.05) is 6.07 Å². The van der Waals surface area contributed by atoms with Crippen LogP contribution in [0.15, 0.2) is 12.1 Å². The molecule has 1 fully saturated rings. The van der Waals surface area contributed by atoms with Crippen molar-refractivity contribution < 1.29 is 14.2 Å². The van der Waals surface area contributed by atoms with E-state index in [1.807, 2.05) is 12.1 Å². The third-order valence-electron chi connectivity index (χ3n) is 4.26. The Kier molecular flexibility index (Phi) is 5.31. The van der Waals surface area contributed by atoms with Gasteiger partial charge >= 0.3 is 0 Å². The lowest BCUT2D eigenvalue weighted by Crippen LogP contribution is -2.46. The number of hydrogen-bond acceptors (Lipinski definition) is 5. The number of methoxy groups -OCH3 is 3. The number of nitrogens with zero attached hydrogens (tertiary/aromatic N) is 1. The average molecular weight is 294 g/mol. The number of nitrogens with two attached hydrogens (primary N) is 1. The minimum Gasteiger partial charge on any atom is -0.493 e. The smallest absolute Gasteiger partial charge is 0.203 e. The SMILES string of the molecule is COc1ccc(C[C@@H]2CN(C)CC[C@H]2N)c(OC)c1OC. The van der Waals surface area contributed by atoms with Crippen LogP contribution in [0.2, 0.25) is 0 Å². The number of benzene rings is 1. The van der Waals surface area contributed by atoms with E-state index in [-0.39, 0.29) is 6.04 Å². The Labute approximate surface area is 127 Å². The van der Waals surface area contributed by atoms with Crippen molar-refractivity contribution in [3.05, 3.63) is 17.7 Å². The Morgan fingerprint density at radius 2 is 1.86 bits per heavy atom. The summed E-state index contributed by atoms with van der Waals surface area (Å²) in [6, 6.07) is 4.20. The van der Waals surface area contributed by atoms with Gasteiger partial charge < -0.3 is 24.8 Å². The van der Waals surface area contributed by atoms with Gasteiger partial charge in [0.15, 0.2) is 11.5 Å². The molecule has 0 aliphatic carbocycles. The monoisotopic (exact) mass is 294 g/mol. The van der Waals surface area contributed by atoms with Gasteiger partial charge in [-0.3, -0.25) is 0 Å². The van der Waals surface area contributed by atoms with Crippen LogP contribution in [0.3, 0.4) is 0 Å². The molecule has 2 N–H and O–H groups in total. The fourth-order valence-electron chi connectivity index (χ4n) is 3.05. The molecule has 0 aromatic heterocycles. The van der Waals surface area contributed by atoms with Crippen LogP contribution in [0.25, 0.3) is 0 Å².